The zero-order valence-electron chi connectivity index (χ0n) is 12.2. The summed E-state index contributed by atoms with van der Waals surface area (Å²) in [4.78, 5) is 24.7. The van der Waals surface area contributed by atoms with Crippen molar-refractivity contribution in [1.82, 2.24) is 4.90 Å². The monoisotopic (exact) mass is 269 g/mol. The van der Waals surface area contributed by atoms with Gasteiger partial charge < -0.3 is 10.0 Å². The maximum atomic E-state index is 12.3. The summed E-state index contributed by atoms with van der Waals surface area (Å²) < 4.78 is 0. The number of carboxylic acid groups (broad SMARTS) is 1. The number of carbonyl (C=O) groups is 2. The summed E-state index contributed by atoms with van der Waals surface area (Å²) in [6, 6.07) is 0.00868. The summed E-state index contributed by atoms with van der Waals surface area (Å²) in [5.41, 5.74) is 0. The number of hydrogen-bond donors (Lipinski definition) is 1. The number of carbonyl (C=O) groups excluding carboxylic acids is 1. The minimum Gasteiger partial charge on any atom is -0.480 e. The van der Waals surface area contributed by atoms with E-state index >= 15 is 0 Å². The van der Waals surface area contributed by atoms with Gasteiger partial charge in [0.2, 0.25) is 5.91 Å². The average Bonchev–Trinajstić information content (AvgIpc) is 2.63. The Morgan fingerprint density at radius 1 is 1.21 bits per heavy atom. The van der Waals surface area contributed by atoms with E-state index in [4.69, 9.17) is 5.11 Å². The zero-order valence-corrected chi connectivity index (χ0v) is 12.2. The Morgan fingerprint density at radius 3 is 2.26 bits per heavy atom. The molecule has 0 aliphatic heterocycles. The number of carboxylic acids is 1. The molecule has 1 rings (SSSR count). The maximum Gasteiger partial charge on any atom is 0.323 e. The Kier molecular flexibility index (Phi) is 6.89. The minimum absolute atomic E-state index is 0.00868. The lowest BCUT2D eigenvalue weighted by molar-refractivity contribution is -0.146. The van der Waals surface area contributed by atoms with Gasteiger partial charge in [-0.1, -0.05) is 32.6 Å². The summed E-state index contributed by atoms with van der Waals surface area (Å²) in [7, 11) is 0. The Morgan fingerprint density at radius 2 is 1.79 bits per heavy atom. The largest absolute Gasteiger partial charge is 0.480 e. The highest BCUT2D eigenvalue weighted by Crippen LogP contribution is 2.26. The van der Waals surface area contributed by atoms with Gasteiger partial charge in [-0.3, -0.25) is 9.59 Å². The second kappa shape index (κ2) is 8.18. The van der Waals surface area contributed by atoms with Gasteiger partial charge in [-0.25, -0.2) is 0 Å². The molecule has 0 bridgehead atoms. The molecule has 0 saturated heterocycles. The molecule has 110 valence electrons. The molecule has 0 spiro atoms. The van der Waals surface area contributed by atoms with Crippen LogP contribution in [-0.2, 0) is 9.59 Å². The van der Waals surface area contributed by atoms with E-state index in [-0.39, 0.29) is 18.5 Å². The third kappa shape index (κ3) is 5.62. The summed E-state index contributed by atoms with van der Waals surface area (Å²) in [6.07, 6.45) is 8.52. The topological polar surface area (TPSA) is 57.6 Å². The molecule has 1 fully saturated rings. The molecule has 0 aromatic rings. The SMILES string of the molecule is CCC(C)N(CC(=O)O)C(=O)CC1CCCCCC1. The summed E-state index contributed by atoms with van der Waals surface area (Å²) in [5, 5.41) is 8.93. The molecule has 1 unspecified atom stereocenters. The van der Waals surface area contributed by atoms with Crippen molar-refractivity contribution < 1.29 is 14.7 Å². The van der Waals surface area contributed by atoms with Gasteiger partial charge in [-0.05, 0) is 32.1 Å². The lowest BCUT2D eigenvalue weighted by atomic mass is 9.95. The first-order chi connectivity index (χ1) is 9.04. The van der Waals surface area contributed by atoms with E-state index in [0.29, 0.717) is 12.3 Å². The number of amides is 1. The highest BCUT2D eigenvalue weighted by molar-refractivity contribution is 5.81. The predicted molar refractivity (Wildman–Crippen MR) is 74.9 cm³/mol. The molecule has 19 heavy (non-hydrogen) atoms. The molecule has 0 radical (unpaired) electrons. The third-order valence-electron chi connectivity index (χ3n) is 4.19. The molecule has 0 aromatic carbocycles. The fourth-order valence-corrected chi connectivity index (χ4v) is 2.79. The van der Waals surface area contributed by atoms with Crippen LogP contribution in [0.1, 0.15) is 65.2 Å². The lowest BCUT2D eigenvalue weighted by Gasteiger charge is -2.28. The van der Waals surface area contributed by atoms with E-state index < -0.39 is 5.97 Å². The van der Waals surface area contributed by atoms with E-state index in [1.165, 1.54) is 30.6 Å². The number of hydrogen-bond acceptors (Lipinski definition) is 2. The van der Waals surface area contributed by atoms with Crippen molar-refractivity contribution in [3.63, 3.8) is 0 Å². The highest BCUT2D eigenvalue weighted by atomic mass is 16.4. The second-order valence-corrected chi connectivity index (χ2v) is 5.73. The van der Waals surface area contributed by atoms with Gasteiger partial charge in [0.1, 0.15) is 6.54 Å². The van der Waals surface area contributed by atoms with Crippen LogP contribution >= 0.6 is 0 Å². The van der Waals surface area contributed by atoms with Gasteiger partial charge in [0.05, 0.1) is 0 Å². The molecule has 0 aromatic heterocycles. The fraction of sp³-hybridized carbons (Fsp3) is 0.867. The van der Waals surface area contributed by atoms with Gasteiger partial charge in [0.15, 0.2) is 0 Å². The van der Waals surface area contributed by atoms with Crippen molar-refractivity contribution in [2.24, 2.45) is 5.92 Å². The van der Waals surface area contributed by atoms with Crippen LogP contribution in [-0.4, -0.2) is 34.5 Å². The van der Waals surface area contributed by atoms with E-state index in [9.17, 15) is 9.59 Å². The second-order valence-electron chi connectivity index (χ2n) is 5.73. The molecule has 4 nitrogen and oxygen atoms in total. The van der Waals surface area contributed by atoms with Crippen LogP contribution in [0.25, 0.3) is 0 Å². The summed E-state index contributed by atoms with van der Waals surface area (Å²) in [6.45, 7) is 3.74. The Bertz CT molecular complexity index is 296. The first-order valence-electron chi connectivity index (χ1n) is 7.55. The smallest absolute Gasteiger partial charge is 0.323 e. The van der Waals surface area contributed by atoms with Crippen molar-refractivity contribution in [2.75, 3.05) is 6.54 Å². The molecule has 1 saturated carbocycles. The van der Waals surface area contributed by atoms with Gasteiger partial charge in [-0.15, -0.1) is 0 Å². The normalized spacial score (nSPS) is 18.6. The van der Waals surface area contributed by atoms with Gasteiger partial charge >= 0.3 is 5.97 Å². The molecular formula is C15H27NO3. The van der Waals surface area contributed by atoms with E-state index in [2.05, 4.69) is 0 Å². The fourth-order valence-electron chi connectivity index (χ4n) is 2.79. The summed E-state index contributed by atoms with van der Waals surface area (Å²) in [5.74, 6) is -0.450. The predicted octanol–water partition coefficient (Wildman–Crippen LogP) is 3.06. The van der Waals surface area contributed by atoms with Gasteiger partial charge in [0, 0.05) is 12.5 Å². The van der Waals surface area contributed by atoms with Crippen LogP contribution < -0.4 is 0 Å². The van der Waals surface area contributed by atoms with E-state index in [1.807, 2.05) is 13.8 Å². The lowest BCUT2D eigenvalue weighted by Crippen LogP contribution is -2.42. The van der Waals surface area contributed by atoms with Crippen molar-refractivity contribution >= 4 is 11.9 Å². The standard InChI is InChI=1S/C15H27NO3/c1-3-12(2)16(11-15(18)19)14(17)10-13-8-6-4-5-7-9-13/h12-13H,3-11H2,1-2H3,(H,18,19). The first-order valence-corrected chi connectivity index (χ1v) is 7.55. The molecular weight excluding hydrogens is 242 g/mol. The average molecular weight is 269 g/mol. The van der Waals surface area contributed by atoms with Crippen molar-refractivity contribution in [3.05, 3.63) is 0 Å². The van der Waals surface area contributed by atoms with Crippen LogP contribution in [0, 0.1) is 5.92 Å². The Hall–Kier alpha value is -1.06. The van der Waals surface area contributed by atoms with Crippen LogP contribution in [0.15, 0.2) is 0 Å². The van der Waals surface area contributed by atoms with Crippen LogP contribution in [0.4, 0.5) is 0 Å². The maximum absolute atomic E-state index is 12.3. The third-order valence-corrected chi connectivity index (χ3v) is 4.19. The van der Waals surface area contributed by atoms with Gasteiger partial charge in [-0.2, -0.15) is 0 Å². The highest BCUT2D eigenvalue weighted by Gasteiger charge is 2.24. The first kappa shape index (κ1) is 16.0. The van der Waals surface area contributed by atoms with Crippen molar-refractivity contribution in [2.45, 2.75) is 71.3 Å². The van der Waals surface area contributed by atoms with Crippen LogP contribution in [0.2, 0.25) is 0 Å². The molecule has 1 N–H and O–H groups in total. The van der Waals surface area contributed by atoms with Crippen LogP contribution in [0.3, 0.4) is 0 Å². The van der Waals surface area contributed by atoms with Gasteiger partial charge in [0.25, 0.3) is 0 Å². The van der Waals surface area contributed by atoms with E-state index in [1.54, 1.807) is 0 Å². The van der Waals surface area contributed by atoms with Crippen LogP contribution in [0.5, 0.6) is 0 Å². The number of rotatable bonds is 6. The Labute approximate surface area is 116 Å². The molecule has 1 amide bonds. The number of aliphatic carboxylic acids is 1. The van der Waals surface area contributed by atoms with Crippen molar-refractivity contribution in [1.29, 1.82) is 0 Å². The molecule has 4 heteroatoms. The molecule has 0 heterocycles. The molecule has 1 aliphatic carbocycles. The molecule has 1 aliphatic rings. The summed E-state index contributed by atoms with van der Waals surface area (Å²) >= 11 is 0. The van der Waals surface area contributed by atoms with E-state index in [0.717, 1.165) is 19.3 Å². The molecule has 1 atom stereocenters. The quantitative estimate of drug-likeness (QED) is 0.754. The number of nitrogens with zero attached hydrogens (tertiary/aromatic N) is 1. The Balaban J connectivity index is 2.56. The van der Waals surface area contributed by atoms with Crippen molar-refractivity contribution in [3.8, 4) is 0 Å². The minimum atomic E-state index is -0.922. The zero-order chi connectivity index (χ0) is 14.3.